The summed E-state index contributed by atoms with van der Waals surface area (Å²) in [4.78, 5) is 41.6. The molecule has 7 nitrogen and oxygen atoms in total. The highest BCUT2D eigenvalue weighted by Gasteiger charge is 2.34. The second kappa shape index (κ2) is 10.4. The molecule has 0 radical (unpaired) electrons. The van der Waals surface area contributed by atoms with E-state index in [2.05, 4.69) is 5.32 Å². The van der Waals surface area contributed by atoms with Crippen molar-refractivity contribution in [2.75, 3.05) is 29.9 Å². The third kappa shape index (κ3) is 5.43. The molecule has 1 aromatic rings. The van der Waals surface area contributed by atoms with E-state index < -0.39 is 6.10 Å². The molecule has 7 heteroatoms. The average molecular weight is 442 g/mol. The van der Waals surface area contributed by atoms with Crippen molar-refractivity contribution in [2.45, 2.75) is 77.2 Å². The summed E-state index contributed by atoms with van der Waals surface area (Å²) < 4.78 is 5.76. The number of hydrogen-bond donors (Lipinski definition) is 1. The number of fused-ring (bicyclic) bond motifs is 1. The number of piperidine rings is 1. The minimum Gasteiger partial charge on any atom is -0.479 e. The quantitative estimate of drug-likeness (QED) is 0.721. The second-order valence-corrected chi connectivity index (χ2v) is 9.40. The first kappa shape index (κ1) is 22.6. The zero-order valence-corrected chi connectivity index (χ0v) is 19.1. The number of carbonyl (C=O) groups excluding carboxylic acids is 3. The molecule has 1 unspecified atom stereocenters. The predicted octanol–water partition coefficient (Wildman–Crippen LogP) is 4.11. The number of carbonyl (C=O) groups is 3. The van der Waals surface area contributed by atoms with E-state index in [-0.39, 0.29) is 24.3 Å². The summed E-state index contributed by atoms with van der Waals surface area (Å²) in [6.45, 7) is 3.19. The van der Waals surface area contributed by atoms with Crippen molar-refractivity contribution in [3.63, 3.8) is 0 Å². The normalized spacial score (nSPS) is 21.7. The van der Waals surface area contributed by atoms with Crippen molar-refractivity contribution in [1.29, 1.82) is 0 Å². The van der Waals surface area contributed by atoms with Gasteiger partial charge in [0.1, 0.15) is 12.3 Å². The number of amides is 3. The minimum absolute atomic E-state index is 0.00138. The number of ether oxygens (including phenoxy) is 1. The largest absolute Gasteiger partial charge is 0.479 e. The molecule has 1 atom stereocenters. The Bertz CT molecular complexity index is 844. The van der Waals surface area contributed by atoms with Crippen LogP contribution in [0.25, 0.3) is 0 Å². The van der Waals surface area contributed by atoms with Gasteiger partial charge in [0.05, 0.1) is 5.69 Å². The molecular weight excluding hydrogens is 406 g/mol. The molecular formula is C25H35N3O4. The van der Waals surface area contributed by atoms with E-state index in [4.69, 9.17) is 4.74 Å². The van der Waals surface area contributed by atoms with Crippen LogP contribution in [0.1, 0.15) is 71.1 Å². The maximum Gasteiger partial charge on any atom is 0.268 e. The highest BCUT2D eigenvalue weighted by Crippen LogP contribution is 2.36. The van der Waals surface area contributed by atoms with Gasteiger partial charge in [0.15, 0.2) is 6.10 Å². The van der Waals surface area contributed by atoms with Gasteiger partial charge in [-0.25, -0.2) is 0 Å². The van der Waals surface area contributed by atoms with Crippen LogP contribution in [0, 0.1) is 5.92 Å². The van der Waals surface area contributed by atoms with Crippen molar-refractivity contribution < 1.29 is 19.1 Å². The number of anilines is 2. The van der Waals surface area contributed by atoms with Crippen LogP contribution in [0.2, 0.25) is 0 Å². The molecule has 1 N–H and O–H groups in total. The topological polar surface area (TPSA) is 79.0 Å². The standard InChI is InChI=1S/C25H35N3O4/c1-18-25(31)28(17-24(30)27-14-6-3-7-15-27)21-16-20(11-12-22(21)32-18)26-23(29)13-10-19-8-4-2-5-9-19/h11-12,16,18-19H,2-10,13-15,17H2,1H3,(H,26,29). The monoisotopic (exact) mass is 441 g/mol. The first-order valence-electron chi connectivity index (χ1n) is 12.2. The first-order chi connectivity index (χ1) is 15.5. The minimum atomic E-state index is -0.646. The van der Waals surface area contributed by atoms with Crippen molar-refractivity contribution in [3.05, 3.63) is 18.2 Å². The Morgan fingerprint density at radius 1 is 1.06 bits per heavy atom. The van der Waals surface area contributed by atoms with E-state index in [1.54, 1.807) is 25.1 Å². The van der Waals surface area contributed by atoms with Gasteiger partial charge < -0.3 is 15.0 Å². The SMILES string of the molecule is CC1Oc2ccc(NC(=O)CCC3CCCCC3)cc2N(CC(=O)N2CCCCC2)C1=O. The van der Waals surface area contributed by atoms with Gasteiger partial charge in [-0.15, -0.1) is 0 Å². The second-order valence-electron chi connectivity index (χ2n) is 9.40. The Kier molecular flexibility index (Phi) is 7.33. The van der Waals surface area contributed by atoms with Gasteiger partial charge in [-0.2, -0.15) is 0 Å². The fraction of sp³-hybridized carbons (Fsp3) is 0.640. The molecule has 1 aliphatic carbocycles. The summed E-state index contributed by atoms with van der Waals surface area (Å²) in [5.41, 5.74) is 1.17. The first-order valence-corrected chi connectivity index (χ1v) is 12.2. The van der Waals surface area contributed by atoms with E-state index >= 15 is 0 Å². The molecule has 0 bridgehead atoms. The molecule has 2 fully saturated rings. The highest BCUT2D eigenvalue weighted by molar-refractivity contribution is 6.04. The average Bonchev–Trinajstić information content (AvgIpc) is 2.82. The van der Waals surface area contributed by atoms with Gasteiger partial charge >= 0.3 is 0 Å². The fourth-order valence-electron chi connectivity index (χ4n) is 5.06. The van der Waals surface area contributed by atoms with E-state index in [0.717, 1.165) is 38.8 Å². The van der Waals surface area contributed by atoms with Gasteiger partial charge in [0.2, 0.25) is 11.8 Å². The molecule has 0 spiro atoms. The number of likely N-dealkylation sites (tertiary alicyclic amines) is 1. The van der Waals surface area contributed by atoms with E-state index in [1.807, 2.05) is 4.90 Å². The smallest absolute Gasteiger partial charge is 0.268 e. The van der Waals surface area contributed by atoms with E-state index in [1.165, 1.54) is 37.0 Å². The zero-order chi connectivity index (χ0) is 22.5. The zero-order valence-electron chi connectivity index (χ0n) is 19.1. The summed E-state index contributed by atoms with van der Waals surface area (Å²) in [6, 6.07) is 5.32. The van der Waals surface area contributed by atoms with Crippen LogP contribution in [0.4, 0.5) is 11.4 Å². The maximum absolute atomic E-state index is 12.9. The Morgan fingerprint density at radius 2 is 1.78 bits per heavy atom. The third-order valence-corrected chi connectivity index (χ3v) is 6.96. The summed E-state index contributed by atoms with van der Waals surface area (Å²) in [5, 5.41) is 2.97. The number of benzene rings is 1. The van der Waals surface area contributed by atoms with Crippen LogP contribution in [0.3, 0.4) is 0 Å². The van der Waals surface area contributed by atoms with Crippen LogP contribution in [0.5, 0.6) is 5.75 Å². The van der Waals surface area contributed by atoms with Gasteiger partial charge in [0, 0.05) is 25.2 Å². The van der Waals surface area contributed by atoms with Gasteiger partial charge in [-0.05, 0) is 56.7 Å². The van der Waals surface area contributed by atoms with Gasteiger partial charge in [-0.1, -0.05) is 32.1 Å². The predicted molar refractivity (Wildman–Crippen MR) is 124 cm³/mol. The lowest BCUT2D eigenvalue weighted by atomic mass is 9.86. The Hall–Kier alpha value is -2.57. The van der Waals surface area contributed by atoms with E-state index in [0.29, 0.717) is 29.5 Å². The lowest BCUT2D eigenvalue weighted by Crippen LogP contribution is -2.50. The molecule has 1 saturated heterocycles. The lowest BCUT2D eigenvalue weighted by molar-refractivity contribution is -0.133. The third-order valence-electron chi connectivity index (χ3n) is 6.96. The van der Waals surface area contributed by atoms with Crippen LogP contribution in [0.15, 0.2) is 18.2 Å². The summed E-state index contributed by atoms with van der Waals surface area (Å²) in [7, 11) is 0. The highest BCUT2D eigenvalue weighted by atomic mass is 16.5. The van der Waals surface area contributed by atoms with Crippen molar-refractivity contribution in [3.8, 4) is 5.75 Å². The van der Waals surface area contributed by atoms with E-state index in [9.17, 15) is 14.4 Å². The molecule has 32 heavy (non-hydrogen) atoms. The molecule has 2 aliphatic heterocycles. The van der Waals surface area contributed by atoms with Crippen molar-refractivity contribution in [2.24, 2.45) is 5.92 Å². The molecule has 0 aromatic heterocycles. The molecule has 2 heterocycles. The maximum atomic E-state index is 12.9. The van der Waals surface area contributed by atoms with Crippen LogP contribution < -0.4 is 15.0 Å². The molecule has 3 aliphatic rings. The Morgan fingerprint density at radius 3 is 2.53 bits per heavy atom. The fourth-order valence-corrected chi connectivity index (χ4v) is 5.06. The van der Waals surface area contributed by atoms with Crippen molar-refractivity contribution >= 4 is 29.1 Å². The summed E-state index contributed by atoms with van der Waals surface area (Å²) in [6.07, 6.45) is 10.3. The van der Waals surface area contributed by atoms with Gasteiger partial charge in [-0.3, -0.25) is 19.3 Å². The van der Waals surface area contributed by atoms with Crippen LogP contribution in [-0.2, 0) is 14.4 Å². The molecule has 1 aromatic carbocycles. The molecule has 174 valence electrons. The molecule has 4 rings (SSSR count). The Balaban J connectivity index is 1.42. The number of rotatable bonds is 6. The summed E-state index contributed by atoms with van der Waals surface area (Å²) in [5.74, 6) is 0.928. The van der Waals surface area contributed by atoms with Crippen molar-refractivity contribution in [1.82, 2.24) is 4.90 Å². The van der Waals surface area contributed by atoms with Gasteiger partial charge in [0.25, 0.3) is 5.91 Å². The number of nitrogens with one attached hydrogen (secondary N) is 1. The lowest BCUT2D eigenvalue weighted by Gasteiger charge is -2.35. The molecule has 3 amide bonds. The summed E-state index contributed by atoms with van der Waals surface area (Å²) >= 11 is 0. The van der Waals surface area contributed by atoms with Crippen LogP contribution in [-0.4, -0.2) is 48.4 Å². The number of nitrogens with zero attached hydrogens (tertiary/aromatic N) is 2. The molecule has 1 saturated carbocycles. The van der Waals surface area contributed by atoms with Crippen LogP contribution >= 0.6 is 0 Å². The Labute approximate surface area is 190 Å². The number of hydrogen-bond acceptors (Lipinski definition) is 4.